The van der Waals surface area contributed by atoms with Crippen LogP contribution in [0.1, 0.15) is 27.6 Å². The van der Waals surface area contributed by atoms with E-state index >= 15 is 0 Å². The maximum atomic E-state index is 12.4. The highest BCUT2D eigenvalue weighted by Gasteiger charge is 2.19. The van der Waals surface area contributed by atoms with Gasteiger partial charge in [-0.05, 0) is 30.3 Å². The zero-order valence-electron chi connectivity index (χ0n) is 15.3. The summed E-state index contributed by atoms with van der Waals surface area (Å²) in [7, 11) is 1.39. The van der Waals surface area contributed by atoms with Gasteiger partial charge in [0.1, 0.15) is 5.56 Å². The zero-order valence-corrected chi connectivity index (χ0v) is 16.8. The lowest BCUT2D eigenvalue weighted by molar-refractivity contribution is -0.114. The Morgan fingerprint density at radius 2 is 1.61 bits per heavy atom. The van der Waals surface area contributed by atoms with Gasteiger partial charge in [-0.15, -0.1) is 0 Å². The molecule has 0 radical (unpaired) electrons. The second-order valence-electron chi connectivity index (χ2n) is 5.71. The van der Waals surface area contributed by atoms with Gasteiger partial charge in [0, 0.05) is 31.3 Å². The molecule has 0 spiro atoms. The van der Waals surface area contributed by atoms with E-state index in [0.717, 1.165) is 0 Å². The van der Waals surface area contributed by atoms with Gasteiger partial charge in [-0.25, -0.2) is 0 Å². The van der Waals surface area contributed by atoms with Gasteiger partial charge >= 0.3 is 0 Å². The van der Waals surface area contributed by atoms with Gasteiger partial charge in [0.15, 0.2) is 5.75 Å². The van der Waals surface area contributed by atoms with E-state index in [0.29, 0.717) is 11.3 Å². The summed E-state index contributed by atoms with van der Waals surface area (Å²) in [5, 5.41) is 8.42. The van der Waals surface area contributed by atoms with Gasteiger partial charge in [0.05, 0.1) is 17.2 Å². The van der Waals surface area contributed by atoms with E-state index < -0.39 is 5.91 Å². The lowest BCUT2D eigenvalue weighted by Gasteiger charge is -2.13. The standard InChI is InChI=1S/C19H19Cl2N3O4/c1-11(25)24-13-5-3-4-12(10-13)18(26)22-8-9-23-19(27)16-14(20)6-7-15(21)17(16)28-2/h3-7,10H,8-9H2,1-2H3,(H,22,26)(H,23,27)(H,24,25). The molecule has 0 aliphatic rings. The number of anilines is 1. The molecule has 7 nitrogen and oxygen atoms in total. The van der Waals surface area contributed by atoms with Crippen molar-refractivity contribution in [3.05, 3.63) is 57.6 Å². The summed E-state index contributed by atoms with van der Waals surface area (Å²) in [5.74, 6) is -0.841. The number of rotatable bonds is 7. The third-order valence-corrected chi connectivity index (χ3v) is 4.24. The molecule has 0 aromatic heterocycles. The van der Waals surface area contributed by atoms with Crippen molar-refractivity contribution in [1.82, 2.24) is 10.6 Å². The van der Waals surface area contributed by atoms with Crippen molar-refractivity contribution in [2.24, 2.45) is 0 Å². The van der Waals surface area contributed by atoms with E-state index in [4.69, 9.17) is 27.9 Å². The van der Waals surface area contributed by atoms with Crippen LogP contribution in [0.4, 0.5) is 5.69 Å². The number of hydrogen-bond donors (Lipinski definition) is 3. The zero-order chi connectivity index (χ0) is 20.7. The molecular weight excluding hydrogens is 405 g/mol. The average Bonchev–Trinajstić information content (AvgIpc) is 2.66. The summed E-state index contributed by atoms with van der Waals surface area (Å²) in [6, 6.07) is 9.57. The first-order valence-corrected chi connectivity index (χ1v) is 9.05. The van der Waals surface area contributed by atoms with E-state index in [2.05, 4.69) is 16.0 Å². The molecule has 0 heterocycles. The minimum absolute atomic E-state index is 0.131. The van der Waals surface area contributed by atoms with Crippen LogP contribution in [0.15, 0.2) is 36.4 Å². The first-order chi connectivity index (χ1) is 13.3. The highest BCUT2D eigenvalue weighted by molar-refractivity contribution is 6.37. The molecule has 3 N–H and O–H groups in total. The number of carbonyl (C=O) groups is 3. The number of carbonyl (C=O) groups excluding carboxylic acids is 3. The molecule has 3 amide bonds. The normalized spacial score (nSPS) is 10.1. The Morgan fingerprint density at radius 3 is 2.25 bits per heavy atom. The van der Waals surface area contributed by atoms with Crippen LogP contribution >= 0.6 is 23.2 Å². The molecule has 0 aliphatic carbocycles. The molecule has 0 unspecified atom stereocenters. The quantitative estimate of drug-likeness (QED) is 0.595. The average molecular weight is 424 g/mol. The van der Waals surface area contributed by atoms with E-state index in [1.807, 2.05) is 0 Å². The van der Waals surface area contributed by atoms with Crippen LogP contribution in [-0.4, -0.2) is 37.9 Å². The summed E-state index contributed by atoms with van der Waals surface area (Å²) in [4.78, 5) is 35.7. The fourth-order valence-electron chi connectivity index (χ4n) is 2.43. The summed E-state index contributed by atoms with van der Waals surface area (Å²) in [5.41, 5.74) is 1.04. The number of methoxy groups -OCH3 is 1. The lowest BCUT2D eigenvalue weighted by atomic mass is 10.2. The molecule has 2 aromatic carbocycles. The van der Waals surface area contributed by atoms with Gasteiger partial charge in [0.25, 0.3) is 11.8 Å². The van der Waals surface area contributed by atoms with Crippen molar-refractivity contribution in [3.8, 4) is 5.75 Å². The van der Waals surface area contributed by atoms with Crippen molar-refractivity contribution in [3.63, 3.8) is 0 Å². The van der Waals surface area contributed by atoms with E-state index in [1.165, 1.54) is 26.2 Å². The summed E-state index contributed by atoms with van der Waals surface area (Å²) < 4.78 is 5.14. The largest absolute Gasteiger partial charge is 0.494 e. The minimum atomic E-state index is -0.466. The van der Waals surface area contributed by atoms with Crippen molar-refractivity contribution < 1.29 is 19.1 Å². The molecule has 2 rings (SSSR count). The van der Waals surface area contributed by atoms with E-state index in [1.54, 1.807) is 24.3 Å². The number of ether oxygens (including phenoxy) is 1. The predicted octanol–water partition coefficient (Wildman–Crippen LogP) is 3.12. The lowest BCUT2D eigenvalue weighted by Crippen LogP contribution is -2.35. The maximum absolute atomic E-state index is 12.4. The third kappa shape index (κ3) is 5.61. The van der Waals surface area contributed by atoms with Gasteiger partial charge in [-0.1, -0.05) is 29.3 Å². The van der Waals surface area contributed by atoms with Gasteiger partial charge in [0.2, 0.25) is 5.91 Å². The second kappa shape index (κ2) is 9.96. The van der Waals surface area contributed by atoms with Crippen LogP contribution in [0.25, 0.3) is 0 Å². The van der Waals surface area contributed by atoms with E-state index in [-0.39, 0.29) is 46.3 Å². The summed E-state index contributed by atoms with van der Waals surface area (Å²) in [6.45, 7) is 1.74. The molecule has 28 heavy (non-hydrogen) atoms. The maximum Gasteiger partial charge on any atom is 0.256 e. The molecule has 0 bridgehead atoms. The van der Waals surface area contributed by atoms with Crippen LogP contribution in [0, 0.1) is 0 Å². The first kappa shape index (κ1) is 21.5. The Balaban J connectivity index is 1.91. The van der Waals surface area contributed by atoms with Crippen molar-refractivity contribution in [1.29, 1.82) is 0 Å². The van der Waals surface area contributed by atoms with Crippen LogP contribution in [0.5, 0.6) is 5.75 Å². The van der Waals surface area contributed by atoms with Crippen LogP contribution < -0.4 is 20.7 Å². The van der Waals surface area contributed by atoms with Crippen molar-refractivity contribution in [2.45, 2.75) is 6.92 Å². The Labute approximate surface area is 172 Å². The van der Waals surface area contributed by atoms with Crippen molar-refractivity contribution in [2.75, 3.05) is 25.5 Å². The van der Waals surface area contributed by atoms with Gasteiger partial charge in [-0.2, -0.15) is 0 Å². The smallest absolute Gasteiger partial charge is 0.256 e. The molecule has 0 saturated heterocycles. The Bertz CT molecular complexity index is 903. The molecule has 9 heteroatoms. The molecule has 148 valence electrons. The number of hydrogen-bond acceptors (Lipinski definition) is 4. The highest BCUT2D eigenvalue weighted by atomic mass is 35.5. The Morgan fingerprint density at radius 1 is 0.964 bits per heavy atom. The SMILES string of the molecule is COc1c(Cl)ccc(Cl)c1C(=O)NCCNC(=O)c1cccc(NC(C)=O)c1. The van der Waals surface area contributed by atoms with Crippen molar-refractivity contribution >= 4 is 46.6 Å². The summed E-state index contributed by atoms with van der Waals surface area (Å²) in [6.07, 6.45) is 0. The second-order valence-corrected chi connectivity index (χ2v) is 6.53. The molecule has 0 fully saturated rings. The molecule has 0 atom stereocenters. The minimum Gasteiger partial charge on any atom is -0.494 e. The van der Waals surface area contributed by atoms with Crippen LogP contribution in [0.3, 0.4) is 0 Å². The van der Waals surface area contributed by atoms with Gasteiger partial charge in [-0.3, -0.25) is 14.4 Å². The highest BCUT2D eigenvalue weighted by Crippen LogP contribution is 2.33. The number of benzene rings is 2. The fourth-order valence-corrected chi connectivity index (χ4v) is 2.90. The van der Waals surface area contributed by atoms with Gasteiger partial charge < -0.3 is 20.7 Å². The Hall–Kier alpha value is -2.77. The third-order valence-electron chi connectivity index (χ3n) is 3.63. The molecule has 0 saturated carbocycles. The van der Waals surface area contributed by atoms with Crippen LogP contribution in [-0.2, 0) is 4.79 Å². The fraction of sp³-hybridized carbons (Fsp3) is 0.211. The molecular formula is C19H19Cl2N3O4. The molecule has 0 aliphatic heterocycles. The van der Waals surface area contributed by atoms with Crippen LogP contribution in [0.2, 0.25) is 10.0 Å². The van der Waals surface area contributed by atoms with E-state index in [9.17, 15) is 14.4 Å². The first-order valence-electron chi connectivity index (χ1n) is 8.29. The topological polar surface area (TPSA) is 96.5 Å². The molecule has 2 aromatic rings. The Kier molecular flexibility index (Phi) is 7.66. The number of nitrogens with one attached hydrogen (secondary N) is 3. The number of halogens is 2. The number of amides is 3. The summed E-state index contributed by atoms with van der Waals surface area (Å²) >= 11 is 12.1. The predicted molar refractivity (Wildman–Crippen MR) is 108 cm³/mol. The monoisotopic (exact) mass is 423 g/mol.